The van der Waals surface area contributed by atoms with Gasteiger partial charge in [0.1, 0.15) is 11.4 Å². The molecule has 162 valence electrons. The van der Waals surface area contributed by atoms with E-state index in [0.29, 0.717) is 37.4 Å². The summed E-state index contributed by atoms with van der Waals surface area (Å²) in [5, 5.41) is 2.80. The summed E-state index contributed by atoms with van der Waals surface area (Å²) in [6.45, 7) is 2.53. The lowest BCUT2D eigenvalue weighted by molar-refractivity contribution is 0.0719. The Balaban J connectivity index is 1.38. The highest BCUT2D eigenvalue weighted by molar-refractivity contribution is 7.89. The molecule has 7 nitrogen and oxygen atoms in total. The lowest BCUT2D eigenvalue weighted by Gasteiger charge is -2.30. The van der Waals surface area contributed by atoms with Crippen molar-refractivity contribution < 1.29 is 17.9 Å². The van der Waals surface area contributed by atoms with E-state index in [0.717, 1.165) is 30.9 Å². The zero-order chi connectivity index (χ0) is 21.1. The second-order valence-electron chi connectivity index (χ2n) is 7.78. The molecule has 0 atom stereocenters. The van der Waals surface area contributed by atoms with Crippen LogP contribution in [-0.2, 0) is 10.0 Å². The minimum absolute atomic E-state index is 0.0247. The highest BCUT2D eigenvalue weighted by Gasteiger charge is 2.31. The Morgan fingerprint density at radius 3 is 2.37 bits per heavy atom. The van der Waals surface area contributed by atoms with Crippen LogP contribution in [0.25, 0.3) is 0 Å². The summed E-state index contributed by atoms with van der Waals surface area (Å²) in [5.41, 5.74) is 0.533. The predicted octanol–water partition coefficient (Wildman–Crippen LogP) is 3.35. The third-order valence-corrected chi connectivity index (χ3v) is 8.80. The van der Waals surface area contributed by atoms with Crippen molar-refractivity contribution in [3.63, 3.8) is 0 Å². The fourth-order valence-corrected chi connectivity index (χ4v) is 6.51. The van der Waals surface area contributed by atoms with E-state index < -0.39 is 10.0 Å². The van der Waals surface area contributed by atoms with Gasteiger partial charge in [-0.2, -0.15) is 4.31 Å². The predicted molar refractivity (Wildman–Crippen MR) is 116 cm³/mol. The number of thiazole rings is 1. The standard InChI is InChI=1S/C21H27N3O4S2/c1-28-17-5-7-18(8-6-17)30(26,27)24-13-9-16(10-14-24)20-22-19(15-29-20)21(25)23-11-3-2-4-12-23/h5-8,15-16H,2-4,9-14H2,1H3. The molecule has 0 radical (unpaired) electrons. The number of rotatable bonds is 5. The molecule has 0 unspecified atom stereocenters. The molecule has 2 saturated heterocycles. The molecular formula is C21H27N3O4S2. The highest BCUT2D eigenvalue weighted by Crippen LogP contribution is 2.33. The average Bonchev–Trinajstić information content (AvgIpc) is 3.29. The van der Waals surface area contributed by atoms with E-state index in [1.807, 2.05) is 10.3 Å². The molecule has 9 heteroatoms. The smallest absolute Gasteiger partial charge is 0.273 e. The second-order valence-corrected chi connectivity index (χ2v) is 10.6. The largest absolute Gasteiger partial charge is 0.497 e. The minimum atomic E-state index is -3.52. The molecule has 2 aliphatic heterocycles. The summed E-state index contributed by atoms with van der Waals surface area (Å²) < 4.78 is 32.5. The summed E-state index contributed by atoms with van der Waals surface area (Å²) in [7, 11) is -1.96. The molecule has 0 bridgehead atoms. The van der Waals surface area contributed by atoms with Crippen molar-refractivity contribution in [2.75, 3.05) is 33.3 Å². The van der Waals surface area contributed by atoms with Crippen LogP contribution < -0.4 is 4.74 Å². The van der Waals surface area contributed by atoms with Crippen molar-refractivity contribution in [3.8, 4) is 5.75 Å². The van der Waals surface area contributed by atoms with Gasteiger partial charge in [0.05, 0.1) is 17.0 Å². The number of carbonyl (C=O) groups excluding carboxylic acids is 1. The van der Waals surface area contributed by atoms with Crippen LogP contribution in [0, 0.1) is 0 Å². The molecule has 0 spiro atoms. The van der Waals surface area contributed by atoms with Gasteiger partial charge >= 0.3 is 0 Å². The first-order valence-electron chi connectivity index (χ1n) is 10.4. The monoisotopic (exact) mass is 449 g/mol. The van der Waals surface area contributed by atoms with Gasteiger partial charge in [0.25, 0.3) is 5.91 Å². The van der Waals surface area contributed by atoms with Crippen LogP contribution in [0.3, 0.4) is 0 Å². The molecule has 0 saturated carbocycles. The van der Waals surface area contributed by atoms with Gasteiger partial charge in [-0.05, 0) is 56.4 Å². The first-order valence-corrected chi connectivity index (χ1v) is 12.7. The molecule has 1 aromatic carbocycles. The van der Waals surface area contributed by atoms with E-state index in [9.17, 15) is 13.2 Å². The zero-order valence-corrected chi connectivity index (χ0v) is 18.8. The first-order chi connectivity index (χ1) is 14.5. The van der Waals surface area contributed by atoms with E-state index in [2.05, 4.69) is 4.98 Å². The number of methoxy groups -OCH3 is 1. The van der Waals surface area contributed by atoms with Crippen LogP contribution in [0.1, 0.15) is 53.5 Å². The highest BCUT2D eigenvalue weighted by atomic mass is 32.2. The topological polar surface area (TPSA) is 79.8 Å². The number of hydrogen-bond acceptors (Lipinski definition) is 6. The van der Waals surface area contributed by atoms with Crippen molar-refractivity contribution >= 4 is 27.3 Å². The van der Waals surface area contributed by atoms with Crippen LogP contribution >= 0.6 is 11.3 Å². The number of likely N-dealkylation sites (tertiary alicyclic amines) is 1. The molecule has 0 aliphatic carbocycles. The van der Waals surface area contributed by atoms with Crippen molar-refractivity contribution in [2.24, 2.45) is 0 Å². The Bertz CT molecular complexity index is 974. The number of piperidine rings is 2. The van der Waals surface area contributed by atoms with Gasteiger partial charge < -0.3 is 9.64 Å². The van der Waals surface area contributed by atoms with Crippen molar-refractivity contribution in [3.05, 3.63) is 40.3 Å². The van der Waals surface area contributed by atoms with E-state index in [1.165, 1.54) is 17.8 Å². The molecule has 3 heterocycles. The lowest BCUT2D eigenvalue weighted by atomic mass is 9.99. The molecule has 2 aliphatic rings. The Labute approximate surface area is 181 Å². The van der Waals surface area contributed by atoms with Crippen molar-refractivity contribution in [1.82, 2.24) is 14.2 Å². The summed E-state index contributed by atoms with van der Waals surface area (Å²) in [6, 6.07) is 6.49. The summed E-state index contributed by atoms with van der Waals surface area (Å²) in [4.78, 5) is 19.5. The van der Waals surface area contributed by atoms with Gasteiger partial charge in [-0.25, -0.2) is 13.4 Å². The average molecular weight is 450 g/mol. The van der Waals surface area contributed by atoms with E-state index in [-0.39, 0.29) is 16.7 Å². The number of nitrogens with zero attached hydrogens (tertiary/aromatic N) is 3. The molecular weight excluding hydrogens is 422 g/mol. The van der Waals surface area contributed by atoms with Crippen LogP contribution in [-0.4, -0.2) is 61.8 Å². The second kappa shape index (κ2) is 9.03. The molecule has 2 fully saturated rings. The summed E-state index contributed by atoms with van der Waals surface area (Å²) in [5.74, 6) is 0.850. The maximum Gasteiger partial charge on any atom is 0.273 e. The number of benzene rings is 1. The number of hydrogen-bond donors (Lipinski definition) is 0. The maximum atomic E-state index is 12.9. The summed E-state index contributed by atoms with van der Waals surface area (Å²) in [6.07, 6.45) is 4.72. The van der Waals surface area contributed by atoms with E-state index in [1.54, 1.807) is 35.7 Å². The Morgan fingerprint density at radius 2 is 1.73 bits per heavy atom. The normalized spacial score (nSPS) is 19.0. The van der Waals surface area contributed by atoms with E-state index >= 15 is 0 Å². The number of aromatic nitrogens is 1. The van der Waals surface area contributed by atoms with Crippen LogP contribution in [0.5, 0.6) is 5.75 Å². The first kappa shape index (κ1) is 21.3. The molecule has 1 amide bonds. The van der Waals surface area contributed by atoms with Gasteiger partial charge in [0.2, 0.25) is 10.0 Å². The number of amides is 1. The number of ether oxygens (including phenoxy) is 1. The zero-order valence-electron chi connectivity index (χ0n) is 17.1. The van der Waals surface area contributed by atoms with Crippen LogP contribution in [0.2, 0.25) is 0 Å². The molecule has 1 aromatic heterocycles. The van der Waals surface area contributed by atoms with Gasteiger partial charge in [-0.15, -0.1) is 11.3 Å². The van der Waals surface area contributed by atoms with Crippen LogP contribution in [0.15, 0.2) is 34.5 Å². The SMILES string of the molecule is COc1ccc(S(=O)(=O)N2CCC(c3nc(C(=O)N4CCCCC4)cs3)CC2)cc1. The lowest BCUT2D eigenvalue weighted by Crippen LogP contribution is -2.38. The minimum Gasteiger partial charge on any atom is -0.497 e. The quantitative estimate of drug-likeness (QED) is 0.699. The number of sulfonamides is 1. The van der Waals surface area contributed by atoms with Gasteiger partial charge in [0, 0.05) is 37.5 Å². The molecule has 2 aromatic rings. The summed E-state index contributed by atoms with van der Waals surface area (Å²) >= 11 is 1.52. The third-order valence-electron chi connectivity index (χ3n) is 5.88. The van der Waals surface area contributed by atoms with E-state index in [4.69, 9.17) is 4.74 Å². The molecule has 4 rings (SSSR count). The van der Waals surface area contributed by atoms with Gasteiger partial charge in [-0.1, -0.05) is 0 Å². The molecule has 0 N–H and O–H groups in total. The fraction of sp³-hybridized carbons (Fsp3) is 0.524. The Hall–Kier alpha value is -1.97. The van der Waals surface area contributed by atoms with Crippen molar-refractivity contribution in [1.29, 1.82) is 0 Å². The Morgan fingerprint density at radius 1 is 1.07 bits per heavy atom. The number of carbonyl (C=O) groups is 1. The fourth-order valence-electron chi connectivity index (χ4n) is 4.07. The molecule has 30 heavy (non-hydrogen) atoms. The van der Waals surface area contributed by atoms with Gasteiger partial charge in [-0.3, -0.25) is 4.79 Å². The Kier molecular flexibility index (Phi) is 6.40. The third kappa shape index (κ3) is 4.38. The van der Waals surface area contributed by atoms with Crippen LogP contribution in [0.4, 0.5) is 0 Å². The maximum absolute atomic E-state index is 12.9. The van der Waals surface area contributed by atoms with Crippen molar-refractivity contribution in [2.45, 2.75) is 42.9 Å². The van der Waals surface area contributed by atoms with Gasteiger partial charge in [0.15, 0.2) is 0 Å².